The molecule has 0 saturated heterocycles. The lowest BCUT2D eigenvalue weighted by atomic mass is 10.1. The molecule has 2 N–H and O–H groups in total. The zero-order chi connectivity index (χ0) is 13.3. The zero-order valence-corrected chi connectivity index (χ0v) is 13.9. The van der Waals surface area contributed by atoms with Crippen molar-refractivity contribution in [1.82, 2.24) is 9.97 Å². The van der Waals surface area contributed by atoms with Crippen molar-refractivity contribution in [1.29, 1.82) is 0 Å². The van der Waals surface area contributed by atoms with E-state index in [-0.39, 0.29) is 0 Å². The van der Waals surface area contributed by atoms with Gasteiger partial charge < -0.3 is 5.73 Å². The number of aromatic nitrogens is 2. The maximum absolute atomic E-state index is 5.95. The van der Waals surface area contributed by atoms with E-state index in [4.69, 9.17) is 5.73 Å². The molecule has 0 aliphatic rings. The molecule has 2 aromatic rings. The number of rotatable bonds is 2. The Labute approximate surface area is 128 Å². The first-order valence-corrected chi connectivity index (χ1v) is 7.48. The number of hydrogen-bond donors (Lipinski definition) is 1. The quantitative estimate of drug-likeness (QED) is 0.752. The highest BCUT2D eigenvalue weighted by atomic mass is 127. The minimum atomic E-state index is 0.555. The van der Waals surface area contributed by atoms with Crippen molar-refractivity contribution >= 4 is 44.3 Å². The molecule has 0 spiro atoms. The summed E-state index contributed by atoms with van der Waals surface area (Å²) in [5.74, 6) is 1.26. The van der Waals surface area contributed by atoms with Crippen molar-refractivity contribution in [3.8, 4) is 11.4 Å². The standard InChI is InChI=1S/C13H13BrIN3/c1-3-10-11(15)12(16)18-13(17-10)9-5-4-8(14)6-7(9)2/h4-6H,3H2,1-2H3,(H2,16,17,18). The van der Waals surface area contributed by atoms with Crippen LogP contribution in [0.25, 0.3) is 11.4 Å². The van der Waals surface area contributed by atoms with E-state index in [1.807, 2.05) is 19.1 Å². The third-order valence-corrected chi connectivity index (χ3v) is 4.38. The van der Waals surface area contributed by atoms with Gasteiger partial charge in [0.2, 0.25) is 0 Å². The number of nitrogen functional groups attached to an aromatic ring is 1. The molecule has 0 radical (unpaired) electrons. The molecule has 0 bridgehead atoms. The first-order valence-electron chi connectivity index (χ1n) is 5.61. The first-order chi connectivity index (χ1) is 8.52. The van der Waals surface area contributed by atoms with E-state index in [0.717, 1.165) is 31.3 Å². The lowest BCUT2D eigenvalue weighted by Gasteiger charge is -2.09. The van der Waals surface area contributed by atoms with E-state index in [9.17, 15) is 0 Å². The molecule has 1 heterocycles. The van der Waals surface area contributed by atoms with Gasteiger partial charge in [-0.2, -0.15) is 0 Å². The average Bonchev–Trinajstić information content (AvgIpc) is 2.32. The van der Waals surface area contributed by atoms with E-state index in [1.165, 1.54) is 0 Å². The molecule has 0 amide bonds. The number of benzene rings is 1. The monoisotopic (exact) mass is 417 g/mol. The second-order valence-corrected chi connectivity index (χ2v) is 6.00. The zero-order valence-electron chi connectivity index (χ0n) is 10.2. The molecular formula is C13H13BrIN3. The van der Waals surface area contributed by atoms with E-state index < -0.39 is 0 Å². The van der Waals surface area contributed by atoms with Crippen LogP contribution in [0.1, 0.15) is 18.2 Å². The molecule has 0 fully saturated rings. The smallest absolute Gasteiger partial charge is 0.162 e. The summed E-state index contributed by atoms with van der Waals surface area (Å²) in [6.07, 6.45) is 0.855. The van der Waals surface area contributed by atoms with Crippen molar-refractivity contribution in [3.05, 3.63) is 37.5 Å². The molecule has 5 heteroatoms. The maximum atomic E-state index is 5.95. The summed E-state index contributed by atoms with van der Waals surface area (Å²) in [5.41, 5.74) is 9.10. The lowest BCUT2D eigenvalue weighted by Crippen LogP contribution is -2.04. The number of anilines is 1. The average molecular weight is 418 g/mol. The minimum Gasteiger partial charge on any atom is -0.383 e. The summed E-state index contributed by atoms with van der Waals surface area (Å²) in [6.45, 7) is 4.12. The van der Waals surface area contributed by atoms with Crippen molar-refractivity contribution in [2.45, 2.75) is 20.3 Å². The number of nitrogens with zero attached hydrogens (tertiary/aromatic N) is 2. The van der Waals surface area contributed by atoms with Gasteiger partial charge in [-0.25, -0.2) is 9.97 Å². The van der Waals surface area contributed by atoms with Gasteiger partial charge in [0, 0.05) is 10.0 Å². The van der Waals surface area contributed by atoms with Crippen LogP contribution in [0, 0.1) is 10.5 Å². The third kappa shape index (κ3) is 2.66. The maximum Gasteiger partial charge on any atom is 0.162 e. The fraction of sp³-hybridized carbons (Fsp3) is 0.231. The van der Waals surface area contributed by atoms with Crippen LogP contribution in [0.3, 0.4) is 0 Å². The first kappa shape index (κ1) is 13.7. The second-order valence-electron chi connectivity index (χ2n) is 4.01. The SMILES string of the molecule is CCc1nc(-c2ccc(Br)cc2C)nc(N)c1I. The van der Waals surface area contributed by atoms with Gasteiger partial charge >= 0.3 is 0 Å². The van der Waals surface area contributed by atoms with Crippen molar-refractivity contribution < 1.29 is 0 Å². The van der Waals surface area contributed by atoms with Crippen LogP contribution in [-0.4, -0.2) is 9.97 Å². The van der Waals surface area contributed by atoms with Crippen molar-refractivity contribution in [2.24, 2.45) is 0 Å². The van der Waals surface area contributed by atoms with Gasteiger partial charge in [0.1, 0.15) is 5.82 Å². The molecule has 94 valence electrons. The molecule has 0 aliphatic carbocycles. The van der Waals surface area contributed by atoms with Crippen LogP contribution in [0.5, 0.6) is 0 Å². The lowest BCUT2D eigenvalue weighted by molar-refractivity contribution is 0.993. The summed E-state index contributed by atoms with van der Waals surface area (Å²) in [6, 6.07) is 6.06. The van der Waals surface area contributed by atoms with Crippen molar-refractivity contribution in [2.75, 3.05) is 5.73 Å². The van der Waals surface area contributed by atoms with Crippen LogP contribution in [0.4, 0.5) is 5.82 Å². The van der Waals surface area contributed by atoms with E-state index in [0.29, 0.717) is 11.6 Å². The summed E-state index contributed by atoms with van der Waals surface area (Å²) in [5, 5.41) is 0. The van der Waals surface area contributed by atoms with Crippen LogP contribution >= 0.6 is 38.5 Å². The van der Waals surface area contributed by atoms with Crippen LogP contribution in [-0.2, 0) is 6.42 Å². The Morgan fingerprint density at radius 1 is 1.33 bits per heavy atom. The fourth-order valence-corrected chi connectivity index (χ4v) is 2.84. The molecule has 0 atom stereocenters. The Balaban J connectivity index is 2.60. The molecule has 3 nitrogen and oxygen atoms in total. The summed E-state index contributed by atoms with van der Waals surface area (Å²) >= 11 is 5.65. The van der Waals surface area contributed by atoms with Gasteiger partial charge in [-0.3, -0.25) is 0 Å². The summed E-state index contributed by atoms with van der Waals surface area (Å²) < 4.78 is 2.01. The second kappa shape index (κ2) is 5.52. The van der Waals surface area contributed by atoms with Crippen molar-refractivity contribution in [3.63, 3.8) is 0 Å². The molecule has 0 saturated carbocycles. The van der Waals surface area contributed by atoms with Gasteiger partial charge in [-0.15, -0.1) is 0 Å². The fourth-order valence-electron chi connectivity index (χ4n) is 1.75. The summed E-state index contributed by atoms with van der Waals surface area (Å²) in [4.78, 5) is 8.98. The highest BCUT2D eigenvalue weighted by Crippen LogP contribution is 2.26. The van der Waals surface area contributed by atoms with Gasteiger partial charge in [0.05, 0.1) is 9.26 Å². The van der Waals surface area contributed by atoms with Gasteiger partial charge in [0.25, 0.3) is 0 Å². The largest absolute Gasteiger partial charge is 0.383 e. The molecule has 0 unspecified atom stereocenters. The predicted octanol–water partition coefficient (Wildman–Crippen LogP) is 3.96. The molecule has 2 rings (SSSR count). The Morgan fingerprint density at radius 3 is 2.67 bits per heavy atom. The normalized spacial score (nSPS) is 10.7. The van der Waals surface area contributed by atoms with E-state index in [1.54, 1.807) is 0 Å². The third-order valence-electron chi connectivity index (χ3n) is 2.71. The Hall–Kier alpha value is -0.690. The topological polar surface area (TPSA) is 51.8 Å². The highest BCUT2D eigenvalue weighted by molar-refractivity contribution is 14.1. The Morgan fingerprint density at radius 2 is 2.06 bits per heavy atom. The summed E-state index contributed by atoms with van der Waals surface area (Å²) in [7, 11) is 0. The Kier molecular flexibility index (Phi) is 4.21. The number of hydrogen-bond acceptors (Lipinski definition) is 3. The van der Waals surface area contributed by atoms with Gasteiger partial charge in [0.15, 0.2) is 5.82 Å². The molecule has 1 aromatic heterocycles. The van der Waals surface area contributed by atoms with E-state index >= 15 is 0 Å². The molecule has 1 aromatic carbocycles. The van der Waals surface area contributed by atoms with Crippen LogP contribution in [0.15, 0.2) is 22.7 Å². The van der Waals surface area contributed by atoms with Crippen LogP contribution in [0.2, 0.25) is 0 Å². The Bertz CT molecular complexity index is 599. The molecule has 0 aliphatic heterocycles. The van der Waals surface area contributed by atoms with Crippen LogP contribution < -0.4 is 5.73 Å². The van der Waals surface area contributed by atoms with Gasteiger partial charge in [-0.05, 0) is 59.7 Å². The number of halogens is 2. The highest BCUT2D eigenvalue weighted by Gasteiger charge is 2.11. The van der Waals surface area contributed by atoms with E-state index in [2.05, 4.69) is 61.5 Å². The number of aryl methyl sites for hydroxylation is 2. The molecule has 18 heavy (non-hydrogen) atoms. The molecular weight excluding hydrogens is 405 g/mol. The minimum absolute atomic E-state index is 0.555. The number of nitrogens with two attached hydrogens (primary N) is 1. The predicted molar refractivity (Wildman–Crippen MR) is 86.4 cm³/mol. The van der Waals surface area contributed by atoms with Gasteiger partial charge in [-0.1, -0.05) is 22.9 Å².